The van der Waals surface area contributed by atoms with Crippen LogP contribution in [0.5, 0.6) is 0 Å². The van der Waals surface area contributed by atoms with Gasteiger partial charge in [-0.1, -0.05) is 35.9 Å². The zero-order chi connectivity index (χ0) is 23.7. The van der Waals surface area contributed by atoms with Gasteiger partial charge in [-0.25, -0.2) is 0 Å². The fraction of sp³-hybridized carbons (Fsp3) is 0.450. The van der Waals surface area contributed by atoms with Crippen molar-refractivity contribution in [2.45, 2.75) is 37.7 Å². The quantitative estimate of drug-likeness (QED) is 0.599. The maximum atomic E-state index is 12.9. The molecule has 0 spiro atoms. The SMILES string of the molecule is C[C@H]1CN(C(=O)Cc2ccc(C(C(F)(F)F)C(F)(F)F)cc2)CCN1c1ccc(Cl)nn1. The van der Waals surface area contributed by atoms with Crippen LogP contribution >= 0.6 is 11.6 Å². The van der Waals surface area contributed by atoms with Gasteiger partial charge >= 0.3 is 12.4 Å². The van der Waals surface area contributed by atoms with Crippen molar-refractivity contribution in [2.24, 2.45) is 0 Å². The fourth-order valence-electron chi connectivity index (χ4n) is 3.66. The summed E-state index contributed by atoms with van der Waals surface area (Å²) in [5, 5.41) is 8.09. The lowest BCUT2D eigenvalue weighted by Gasteiger charge is -2.40. The standard InChI is InChI=1S/C20H19ClF6N4O/c1-12-11-30(8-9-31(12)16-7-6-15(21)28-29-16)17(32)10-13-2-4-14(5-3-13)18(19(22,23)24)20(25,26)27/h2-7,12,18H,8-11H2,1H3/t12-/m0/s1. The Morgan fingerprint density at radius 2 is 1.66 bits per heavy atom. The number of amides is 1. The lowest BCUT2D eigenvalue weighted by Crippen LogP contribution is -2.54. The number of halogens is 7. The molecule has 3 rings (SSSR count). The molecule has 2 heterocycles. The monoisotopic (exact) mass is 480 g/mol. The third-order valence-electron chi connectivity index (χ3n) is 5.22. The predicted molar refractivity (Wildman–Crippen MR) is 105 cm³/mol. The summed E-state index contributed by atoms with van der Waals surface area (Å²) in [7, 11) is 0. The largest absolute Gasteiger partial charge is 0.404 e. The number of aromatic nitrogens is 2. The Morgan fingerprint density at radius 1 is 1.03 bits per heavy atom. The van der Waals surface area contributed by atoms with E-state index in [4.69, 9.17) is 11.6 Å². The number of hydrogen-bond donors (Lipinski definition) is 0. The van der Waals surface area contributed by atoms with Gasteiger partial charge < -0.3 is 9.80 Å². The van der Waals surface area contributed by atoms with Crippen molar-refractivity contribution >= 4 is 23.3 Å². The second-order valence-electron chi connectivity index (χ2n) is 7.53. The first-order chi connectivity index (χ1) is 14.9. The van der Waals surface area contributed by atoms with E-state index in [0.29, 0.717) is 31.0 Å². The van der Waals surface area contributed by atoms with Crippen molar-refractivity contribution in [3.8, 4) is 0 Å². The minimum Gasteiger partial charge on any atom is -0.349 e. The summed E-state index contributed by atoms with van der Waals surface area (Å²) in [4.78, 5) is 16.2. The summed E-state index contributed by atoms with van der Waals surface area (Å²) in [6.45, 7) is 3.15. The molecule has 5 nitrogen and oxygen atoms in total. The molecule has 1 aliphatic heterocycles. The number of benzene rings is 1. The van der Waals surface area contributed by atoms with Gasteiger partial charge in [0.2, 0.25) is 5.91 Å². The summed E-state index contributed by atoms with van der Waals surface area (Å²) in [5.74, 6) is -3.22. The van der Waals surface area contributed by atoms with Crippen LogP contribution < -0.4 is 4.90 Å². The second kappa shape index (κ2) is 9.13. The van der Waals surface area contributed by atoms with Crippen LogP contribution in [0.2, 0.25) is 5.15 Å². The number of piperazine rings is 1. The van der Waals surface area contributed by atoms with Crippen LogP contribution in [0.3, 0.4) is 0 Å². The Morgan fingerprint density at radius 3 is 2.16 bits per heavy atom. The summed E-state index contributed by atoms with van der Waals surface area (Å²) in [6, 6.07) is 7.05. The highest BCUT2D eigenvalue weighted by molar-refractivity contribution is 6.29. The van der Waals surface area contributed by atoms with Gasteiger partial charge in [0.25, 0.3) is 0 Å². The third kappa shape index (κ3) is 5.62. The molecule has 1 aromatic heterocycles. The van der Waals surface area contributed by atoms with Gasteiger partial charge in [-0.05, 0) is 30.2 Å². The lowest BCUT2D eigenvalue weighted by atomic mass is 9.96. The highest BCUT2D eigenvalue weighted by atomic mass is 35.5. The van der Waals surface area contributed by atoms with Crippen molar-refractivity contribution in [1.82, 2.24) is 15.1 Å². The van der Waals surface area contributed by atoms with Gasteiger partial charge in [-0.2, -0.15) is 26.3 Å². The summed E-state index contributed by atoms with van der Waals surface area (Å²) in [6.07, 6.45) is -11.0. The molecule has 1 aromatic carbocycles. The molecule has 0 aliphatic carbocycles. The second-order valence-corrected chi connectivity index (χ2v) is 7.92. The maximum Gasteiger partial charge on any atom is 0.404 e. The van der Waals surface area contributed by atoms with Gasteiger partial charge in [0.15, 0.2) is 16.9 Å². The Kier molecular flexibility index (Phi) is 6.87. The molecule has 174 valence electrons. The number of anilines is 1. The van der Waals surface area contributed by atoms with Crippen LogP contribution in [0.15, 0.2) is 36.4 Å². The number of carbonyl (C=O) groups excluding carboxylic acids is 1. The van der Waals surface area contributed by atoms with Crippen LogP contribution in [0, 0.1) is 0 Å². The Hall–Kier alpha value is -2.56. The Labute approximate surface area is 185 Å². The van der Waals surface area contributed by atoms with E-state index < -0.39 is 23.8 Å². The van der Waals surface area contributed by atoms with Crippen LogP contribution in [0.1, 0.15) is 24.0 Å². The van der Waals surface area contributed by atoms with Crippen molar-refractivity contribution in [2.75, 3.05) is 24.5 Å². The van der Waals surface area contributed by atoms with Crippen LogP contribution in [0.25, 0.3) is 0 Å². The molecule has 1 amide bonds. The molecule has 0 radical (unpaired) electrons. The summed E-state index contributed by atoms with van der Waals surface area (Å²) < 4.78 is 77.2. The van der Waals surface area contributed by atoms with Crippen molar-refractivity contribution in [3.05, 3.63) is 52.7 Å². The van der Waals surface area contributed by atoms with Crippen LogP contribution in [-0.4, -0.2) is 59.0 Å². The molecule has 1 fully saturated rings. The predicted octanol–water partition coefficient (Wildman–Crippen LogP) is 4.62. The van der Waals surface area contributed by atoms with Gasteiger partial charge in [0.1, 0.15) is 0 Å². The molecule has 32 heavy (non-hydrogen) atoms. The molecule has 2 aromatic rings. The van der Waals surface area contributed by atoms with Gasteiger partial charge in [0.05, 0.1) is 6.42 Å². The van der Waals surface area contributed by atoms with E-state index in [1.54, 1.807) is 17.0 Å². The summed E-state index contributed by atoms with van der Waals surface area (Å²) >= 11 is 5.74. The number of nitrogens with zero attached hydrogens (tertiary/aromatic N) is 4. The minimum atomic E-state index is -5.46. The van der Waals surface area contributed by atoms with E-state index in [-0.39, 0.29) is 23.5 Å². The van der Waals surface area contributed by atoms with Gasteiger partial charge in [-0.3, -0.25) is 4.79 Å². The van der Waals surface area contributed by atoms with Crippen molar-refractivity contribution in [3.63, 3.8) is 0 Å². The van der Waals surface area contributed by atoms with Gasteiger partial charge in [-0.15, -0.1) is 10.2 Å². The molecule has 1 atom stereocenters. The fourth-order valence-corrected chi connectivity index (χ4v) is 3.77. The average Bonchev–Trinajstić information content (AvgIpc) is 2.68. The average molecular weight is 481 g/mol. The number of hydrogen-bond acceptors (Lipinski definition) is 4. The van der Waals surface area contributed by atoms with E-state index >= 15 is 0 Å². The zero-order valence-corrected chi connectivity index (χ0v) is 17.5. The zero-order valence-electron chi connectivity index (χ0n) is 16.8. The van der Waals surface area contributed by atoms with E-state index in [1.165, 1.54) is 0 Å². The van der Waals surface area contributed by atoms with Crippen LogP contribution in [-0.2, 0) is 11.2 Å². The number of carbonyl (C=O) groups is 1. The molecule has 1 aliphatic rings. The van der Waals surface area contributed by atoms with Gasteiger partial charge in [0, 0.05) is 25.7 Å². The number of rotatable bonds is 4. The minimum absolute atomic E-state index is 0.0788. The first-order valence-corrected chi connectivity index (χ1v) is 10.00. The molecule has 0 bridgehead atoms. The molecule has 0 saturated carbocycles. The lowest BCUT2D eigenvalue weighted by molar-refractivity contribution is -0.253. The normalized spacial score (nSPS) is 17.7. The molecule has 0 N–H and O–H groups in total. The Bertz CT molecular complexity index is 919. The maximum absolute atomic E-state index is 12.9. The third-order valence-corrected chi connectivity index (χ3v) is 5.42. The molecule has 0 unspecified atom stereocenters. The van der Waals surface area contributed by atoms with E-state index in [1.807, 2.05) is 11.8 Å². The molecule has 1 saturated heterocycles. The molecule has 12 heteroatoms. The van der Waals surface area contributed by atoms with E-state index in [2.05, 4.69) is 10.2 Å². The molecular formula is C20H19ClF6N4O. The van der Waals surface area contributed by atoms with E-state index in [0.717, 1.165) is 24.3 Å². The van der Waals surface area contributed by atoms with E-state index in [9.17, 15) is 31.1 Å². The van der Waals surface area contributed by atoms with Crippen LogP contribution in [0.4, 0.5) is 32.2 Å². The van der Waals surface area contributed by atoms with Crippen molar-refractivity contribution in [1.29, 1.82) is 0 Å². The number of alkyl halides is 6. The highest BCUT2D eigenvalue weighted by Crippen LogP contribution is 2.46. The summed E-state index contributed by atoms with van der Waals surface area (Å²) in [5.41, 5.74) is -0.576. The van der Waals surface area contributed by atoms with Crippen molar-refractivity contribution < 1.29 is 31.1 Å². The highest BCUT2D eigenvalue weighted by Gasteiger charge is 2.57. The topological polar surface area (TPSA) is 49.3 Å². The Balaban J connectivity index is 1.63. The molecular weight excluding hydrogens is 462 g/mol. The first-order valence-electron chi connectivity index (χ1n) is 9.62. The first kappa shape index (κ1) is 24.1. The smallest absolute Gasteiger partial charge is 0.349 e.